The summed E-state index contributed by atoms with van der Waals surface area (Å²) in [7, 11) is 0. The molecular formula is C30H42N8O. The van der Waals surface area contributed by atoms with E-state index in [0.29, 0.717) is 35.5 Å². The average Bonchev–Trinajstić information content (AvgIpc) is 3.31. The Balaban J connectivity index is 1.17. The molecule has 1 saturated heterocycles. The first-order valence-electron chi connectivity index (χ1n) is 14.6. The number of rotatable bonds is 5. The van der Waals surface area contributed by atoms with Crippen LogP contribution in [0.25, 0.3) is 11.0 Å². The summed E-state index contributed by atoms with van der Waals surface area (Å²) >= 11 is 0. The summed E-state index contributed by atoms with van der Waals surface area (Å²) in [4.78, 5) is 31.9. The van der Waals surface area contributed by atoms with Gasteiger partial charge in [0.2, 0.25) is 5.95 Å². The Morgan fingerprint density at radius 1 is 1.10 bits per heavy atom. The summed E-state index contributed by atoms with van der Waals surface area (Å²) < 4.78 is 2.20. The largest absolute Gasteiger partial charge is 0.367 e. The first kappa shape index (κ1) is 26.0. The Labute approximate surface area is 231 Å². The second-order valence-corrected chi connectivity index (χ2v) is 13.0. The van der Waals surface area contributed by atoms with E-state index < -0.39 is 0 Å². The number of fused-ring (bicyclic) bond motifs is 4. The third kappa shape index (κ3) is 5.21. The number of hydrogen-bond donors (Lipinski definition) is 2. The lowest BCUT2D eigenvalue weighted by atomic mass is 9.80. The van der Waals surface area contributed by atoms with Gasteiger partial charge in [0.1, 0.15) is 17.2 Å². The van der Waals surface area contributed by atoms with Crippen molar-refractivity contribution in [3.8, 4) is 0 Å². The van der Waals surface area contributed by atoms with Crippen molar-refractivity contribution < 1.29 is 4.79 Å². The average molecular weight is 531 g/mol. The quantitative estimate of drug-likeness (QED) is 0.484. The molecule has 3 aromatic rings. The molecule has 6 rings (SSSR count). The lowest BCUT2D eigenvalue weighted by Crippen LogP contribution is -2.52. The minimum absolute atomic E-state index is 0.0275. The van der Waals surface area contributed by atoms with Crippen molar-refractivity contribution in [1.29, 1.82) is 0 Å². The van der Waals surface area contributed by atoms with E-state index in [1.54, 1.807) is 0 Å². The molecule has 2 aliphatic heterocycles. The number of carbonyl (C=O) groups excluding carboxylic acids is 1. The normalized spacial score (nSPS) is 21.7. The number of carbonyl (C=O) groups is 1. The van der Waals surface area contributed by atoms with Gasteiger partial charge >= 0.3 is 0 Å². The Bertz CT molecular complexity index is 1340. The van der Waals surface area contributed by atoms with Gasteiger partial charge < -0.3 is 20.1 Å². The summed E-state index contributed by atoms with van der Waals surface area (Å²) in [5, 5.41) is 7.32. The fourth-order valence-electron chi connectivity index (χ4n) is 6.52. The van der Waals surface area contributed by atoms with Gasteiger partial charge in [-0.25, -0.2) is 9.97 Å². The summed E-state index contributed by atoms with van der Waals surface area (Å²) in [6.45, 7) is 14.2. The van der Waals surface area contributed by atoms with E-state index in [1.165, 1.54) is 25.7 Å². The summed E-state index contributed by atoms with van der Waals surface area (Å²) in [5.41, 5.74) is 2.94. The van der Waals surface area contributed by atoms with Crippen molar-refractivity contribution in [2.45, 2.75) is 77.8 Å². The van der Waals surface area contributed by atoms with Crippen LogP contribution in [0.1, 0.15) is 76.7 Å². The van der Waals surface area contributed by atoms with Crippen LogP contribution >= 0.6 is 0 Å². The molecule has 1 aliphatic carbocycles. The van der Waals surface area contributed by atoms with E-state index in [4.69, 9.17) is 9.97 Å². The minimum atomic E-state index is -0.0946. The molecule has 0 radical (unpaired) electrons. The minimum Gasteiger partial charge on any atom is -0.367 e. The molecule has 3 aliphatic rings. The molecule has 9 nitrogen and oxygen atoms in total. The first-order valence-corrected chi connectivity index (χ1v) is 14.6. The molecule has 9 heteroatoms. The zero-order chi connectivity index (χ0) is 27.2. The van der Waals surface area contributed by atoms with E-state index in [9.17, 15) is 4.79 Å². The van der Waals surface area contributed by atoms with Crippen molar-refractivity contribution in [2.75, 3.05) is 42.9 Å². The number of hydrogen-bond acceptors (Lipinski definition) is 7. The number of anilines is 3. The number of amides is 1. The van der Waals surface area contributed by atoms with Gasteiger partial charge in [-0.1, -0.05) is 40.0 Å². The van der Waals surface area contributed by atoms with Crippen LogP contribution in [0.15, 0.2) is 30.6 Å². The highest BCUT2D eigenvalue weighted by atomic mass is 16.2. The fraction of sp³-hybridized carbons (Fsp3) is 0.600. The number of nitrogens with zero attached hydrogens (tertiary/aromatic N) is 6. The van der Waals surface area contributed by atoms with Crippen molar-refractivity contribution >= 4 is 34.4 Å². The van der Waals surface area contributed by atoms with Crippen LogP contribution in [-0.2, 0) is 5.54 Å². The Morgan fingerprint density at radius 2 is 1.92 bits per heavy atom. The monoisotopic (exact) mass is 530 g/mol. The highest BCUT2D eigenvalue weighted by Gasteiger charge is 2.41. The fourth-order valence-corrected chi connectivity index (χ4v) is 6.52. The summed E-state index contributed by atoms with van der Waals surface area (Å²) in [6, 6.07) is 6.58. The SMILES string of the molecule is CC1CN(c2ccc(Nc3ncc4cc5n(c4n3)C3(CCCCC3)CNC5=O)nc2)CCN1CCC(C)(C)C. The van der Waals surface area contributed by atoms with E-state index in [0.717, 1.165) is 55.7 Å². The van der Waals surface area contributed by atoms with Crippen LogP contribution in [-0.4, -0.2) is 69.1 Å². The van der Waals surface area contributed by atoms with Gasteiger partial charge in [-0.05, 0) is 56.3 Å². The third-order valence-electron chi connectivity index (χ3n) is 8.88. The highest BCUT2D eigenvalue weighted by molar-refractivity contribution is 5.99. The smallest absolute Gasteiger partial charge is 0.268 e. The third-order valence-corrected chi connectivity index (χ3v) is 8.88. The van der Waals surface area contributed by atoms with Gasteiger partial charge in [0.15, 0.2) is 0 Å². The zero-order valence-corrected chi connectivity index (χ0v) is 23.8. The summed E-state index contributed by atoms with van der Waals surface area (Å²) in [6.07, 6.45) is 10.7. The molecular weight excluding hydrogens is 488 g/mol. The van der Waals surface area contributed by atoms with Crippen LogP contribution in [0, 0.1) is 5.41 Å². The van der Waals surface area contributed by atoms with Crippen LogP contribution < -0.4 is 15.5 Å². The van der Waals surface area contributed by atoms with Crippen LogP contribution in [0.4, 0.5) is 17.5 Å². The summed E-state index contributed by atoms with van der Waals surface area (Å²) in [5.74, 6) is 1.19. The van der Waals surface area contributed by atoms with Gasteiger partial charge in [0, 0.05) is 43.8 Å². The van der Waals surface area contributed by atoms with Crippen molar-refractivity contribution in [2.24, 2.45) is 5.41 Å². The molecule has 3 aromatic heterocycles. The molecule has 5 heterocycles. The van der Waals surface area contributed by atoms with Crippen LogP contribution in [0.5, 0.6) is 0 Å². The van der Waals surface area contributed by atoms with Crippen LogP contribution in [0.3, 0.4) is 0 Å². The maximum atomic E-state index is 12.7. The molecule has 1 atom stereocenters. The molecule has 2 fully saturated rings. The Hall–Kier alpha value is -3.20. The molecule has 0 bridgehead atoms. The van der Waals surface area contributed by atoms with E-state index >= 15 is 0 Å². The van der Waals surface area contributed by atoms with Gasteiger partial charge in [0.25, 0.3) is 5.91 Å². The molecule has 2 N–H and O–H groups in total. The predicted molar refractivity (Wildman–Crippen MR) is 156 cm³/mol. The molecule has 1 spiro atoms. The van der Waals surface area contributed by atoms with Crippen molar-refractivity contribution in [3.05, 3.63) is 36.3 Å². The molecule has 208 valence electrons. The second kappa shape index (κ2) is 10.1. The Morgan fingerprint density at radius 3 is 2.64 bits per heavy atom. The second-order valence-electron chi connectivity index (χ2n) is 13.0. The Kier molecular flexibility index (Phi) is 6.73. The first-order chi connectivity index (χ1) is 18.7. The predicted octanol–water partition coefficient (Wildman–Crippen LogP) is 4.92. The number of piperazine rings is 1. The number of nitrogens with one attached hydrogen (secondary N) is 2. The zero-order valence-electron chi connectivity index (χ0n) is 23.8. The highest BCUT2D eigenvalue weighted by Crippen LogP contribution is 2.40. The number of aromatic nitrogens is 4. The standard InChI is InChI=1S/C30H42N8O/c1-21-19-37(15-14-36(21)13-12-29(2,3)4)23-8-9-25(31-18-23)34-28-32-17-22-16-24-27(39)33-20-30(10-6-5-7-11-30)38(24)26(22)35-28/h8-9,16-18,21H,5-7,10-15,19-20H2,1-4H3,(H,33,39)(H,31,32,34,35). The van der Waals surface area contributed by atoms with Gasteiger partial charge in [-0.3, -0.25) is 9.69 Å². The van der Waals surface area contributed by atoms with Crippen molar-refractivity contribution in [1.82, 2.24) is 29.7 Å². The van der Waals surface area contributed by atoms with Gasteiger partial charge in [-0.15, -0.1) is 0 Å². The van der Waals surface area contributed by atoms with Crippen molar-refractivity contribution in [3.63, 3.8) is 0 Å². The van der Waals surface area contributed by atoms with E-state index in [1.807, 2.05) is 24.5 Å². The number of pyridine rings is 1. The van der Waals surface area contributed by atoms with Crippen LogP contribution in [0.2, 0.25) is 0 Å². The topological polar surface area (TPSA) is 91.2 Å². The van der Waals surface area contributed by atoms with Gasteiger partial charge in [-0.2, -0.15) is 4.98 Å². The van der Waals surface area contributed by atoms with Gasteiger partial charge in [0.05, 0.1) is 17.4 Å². The van der Waals surface area contributed by atoms with E-state index in [2.05, 4.69) is 63.7 Å². The molecule has 1 amide bonds. The lowest BCUT2D eigenvalue weighted by molar-refractivity contribution is 0.0833. The molecule has 1 saturated carbocycles. The van der Waals surface area contributed by atoms with E-state index in [-0.39, 0.29) is 11.4 Å². The molecule has 0 aromatic carbocycles. The maximum Gasteiger partial charge on any atom is 0.268 e. The lowest BCUT2D eigenvalue weighted by Gasteiger charge is -2.42. The maximum absolute atomic E-state index is 12.7. The molecule has 39 heavy (non-hydrogen) atoms. The molecule has 1 unspecified atom stereocenters.